The third kappa shape index (κ3) is 3.21. The van der Waals surface area contributed by atoms with Crippen molar-refractivity contribution in [3.8, 4) is 11.8 Å². The molecule has 3 rings (SSSR count). The number of hydrogen-bond acceptors (Lipinski definition) is 5. The molecule has 2 aromatic carbocycles. The van der Waals surface area contributed by atoms with Gasteiger partial charge in [0.25, 0.3) is 0 Å². The molecule has 0 atom stereocenters. The van der Waals surface area contributed by atoms with Gasteiger partial charge in [-0.1, -0.05) is 30.3 Å². The number of ether oxygens (including phenoxy) is 1. The van der Waals surface area contributed by atoms with Crippen LogP contribution in [0.3, 0.4) is 0 Å². The highest BCUT2D eigenvalue weighted by atomic mass is 16.5. The van der Waals surface area contributed by atoms with E-state index in [1.807, 2.05) is 36.4 Å². The van der Waals surface area contributed by atoms with Crippen LogP contribution in [0.25, 0.3) is 11.0 Å². The topological polar surface area (TPSA) is 106 Å². The first-order chi connectivity index (χ1) is 12.0. The van der Waals surface area contributed by atoms with E-state index >= 15 is 0 Å². The Hall–Kier alpha value is -3.59. The number of primary amides is 1. The van der Waals surface area contributed by atoms with Gasteiger partial charge in [-0.05, 0) is 24.1 Å². The molecule has 0 aliphatic carbocycles. The van der Waals surface area contributed by atoms with Crippen molar-refractivity contribution in [3.63, 3.8) is 0 Å². The van der Waals surface area contributed by atoms with Crippen LogP contribution in [0.5, 0.6) is 5.75 Å². The molecule has 1 aromatic heterocycles. The molecule has 2 N–H and O–H groups in total. The highest BCUT2D eigenvalue weighted by Gasteiger charge is 2.16. The summed E-state index contributed by atoms with van der Waals surface area (Å²) in [5.74, 6) is -0.0409. The molecule has 0 unspecified atom stereocenters. The van der Waals surface area contributed by atoms with Crippen molar-refractivity contribution < 1.29 is 13.9 Å². The lowest BCUT2D eigenvalue weighted by atomic mass is 9.98. The van der Waals surface area contributed by atoms with Crippen LogP contribution < -0.4 is 16.1 Å². The van der Waals surface area contributed by atoms with E-state index in [0.717, 1.165) is 11.1 Å². The Balaban J connectivity index is 2.18. The Bertz CT molecular complexity index is 1060. The molecule has 0 aliphatic heterocycles. The first-order valence-corrected chi connectivity index (χ1v) is 7.51. The third-order valence-electron chi connectivity index (χ3n) is 3.94. The van der Waals surface area contributed by atoms with Crippen molar-refractivity contribution in [2.75, 3.05) is 0 Å². The van der Waals surface area contributed by atoms with Crippen LogP contribution in [0.15, 0.2) is 51.7 Å². The zero-order chi connectivity index (χ0) is 18.0. The zero-order valence-electron chi connectivity index (χ0n) is 13.4. The molecule has 6 heteroatoms. The summed E-state index contributed by atoms with van der Waals surface area (Å²) in [4.78, 5) is 23.3. The maximum atomic E-state index is 12.4. The largest absolute Gasteiger partial charge is 0.422 e. The minimum atomic E-state index is -1.05. The molecule has 0 spiro atoms. The van der Waals surface area contributed by atoms with Crippen molar-refractivity contribution in [2.45, 2.75) is 13.3 Å². The fourth-order valence-electron chi connectivity index (χ4n) is 2.70. The maximum Gasteiger partial charge on any atom is 0.410 e. The Kier molecular flexibility index (Phi) is 4.23. The average Bonchev–Trinajstić information content (AvgIpc) is 2.58. The number of carbonyl (C=O) groups is 1. The summed E-state index contributed by atoms with van der Waals surface area (Å²) in [6.45, 7) is 1.80. The Labute approximate surface area is 143 Å². The van der Waals surface area contributed by atoms with E-state index in [-0.39, 0.29) is 16.9 Å². The number of hydrogen-bond donors (Lipinski definition) is 1. The van der Waals surface area contributed by atoms with Gasteiger partial charge in [0.2, 0.25) is 0 Å². The fraction of sp³-hybridized carbons (Fsp3) is 0.105. The van der Waals surface area contributed by atoms with Gasteiger partial charge in [-0.2, -0.15) is 5.26 Å². The lowest BCUT2D eigenvalue weighted by molar-refractivity contribution is 0.211. The number of amides is 1. The zero-order valence-corrected chi connectivity index (χ0v) is 13.4. The summed E-state index contributed by atoms with van der Waals surface area (Å²) in [7, 11) is 0. The van der Waals surface area contributed by atoms with Crippen LogP contribution in [0.4, 0.5) is 4.79 Å². The van der Waals surface area contributed by atoms with Crippen molar-refractivity contribution in [1.29, 1.82) is 5.26 Å². The first kappa shape index (κ1) is 16.3. The number of fused-ring (bicyclic) bond motifs is 1. The summed E-state index contributed by atoms with van der Waals surface area (Å²) in [6, 6.07) is 14.4. The number of nitriles is 1. The summed E-state index contributed by atoms with van der Waals surface area (Å²) < 4.78 is 10.2. The second-order valence-corrected chi connectivity index (χ2v) is 5.53. The second-order valence-electron chi connectivity index (χ2n) is 5.53. The molecule has 124 valence electrons. The van der Waals surface area contributed by atoms with Gasteiger partial charge in [0.05, 0.1) is 5.56 Å². The van der Waals surface area contributed by atoms with Gasteiger partial charge in [-0.3, -0.25) is 0 Å². The second kappa shape index (κ2) is 6.49. The molecule has 1 heterocycles. The van der Waals surface area contributed by atoms with Gasteiger partial charge in [0, 0.05) is 23.4 Å². The monoisotopic (exact) mass is 334 g/mol. The van der Waals surface area contributed by atoms with Gasteiger partial charge < -0.3 is 14.9 Å². The standard InChI is InChI=1S/C19H14N2O4/c1-11-14-8-13(10-20)16(25-19(21)23)9-17(14)24-18(22)15(11)7-12-5-3-2-4-6-12/h2-6,8-9H,7H2,1H3,(H2,21,23). The molecule has 3 aromatic rings. The van der Waals surface area contributed by atoms with Crippen molar-refractivity contribution in [1.82, 2.24) is 0 Å². The molecule has 1 amide bonds. The smallest absolute Gasteiger partial charge is 0.410 e. The SMILES string of the molecule is Cc1c(Cc2ccccc2)c(=O)oc2cc(OC(N)=O)c(C#N)cc12. The normalized spacial score (nSPS) is 10.4. The average molecular weight is 334 g/mol. The number of nitrogens with two attached hydrogens (primary N) is 1. The van der Waals surface area contributed by atoms with Crippen LogP contribution >= 0.6 is 0 Å². The van der Waals surface area contributed by atoms with E-state index in [4.69, 9.17) is 14.9 Å². The summed E-state index contributed by atoms with van der Waals surface area (Å²) in [5, 5.41) is 9.88. The van der Waals surface area contributed by atoms with Crippen LogP contribution in [0.1, 0.15) is 22.3 Å². The Morgan fingerprint density at radius 1 is 1.28 bits per heavy atom. The maximum absolute atomic E-state index is 12.4. The highest BCUT2D eigenvalue weighted by molar-refractivity contribution is 5.85. The van der Waals surface area contributed by atoms with E-state index in [0.29, 0.717) is 17.4 Å². The van der Waals surface area contributed by atoms with Gasteiger partial charge in [-0.25, -0.2) is 9.59 Å². The first-order valence-electron chi connectivity index (χ1n) is 7.51. The number of carbonyl (C=O) groups excluding carboxylic acids is 1. The molecule has 6 nitrogen and oxygen atoms in total. The van der Waals surface area contributed by atoms with Crippen molar-refractivity contribution in [2.24, 2.45) is 5.73 Å². The minimum absolute atomic E-state index is 0.0409. The predicted octanol–water partition coefficient (Wildman–Crippen LogP) is 3.02. The fourth-order valence-corrected chi connectivity index (χ4v) is 2.70. The van der Waals surface area contributed by atoms with Crippen molar-refractivity contribution >= 4 is 17.1 Å². The van der Waals surface area contributed by atoms with Crippen LogP contribution in [0, 0.1) is 18.3 Å². The molecule has 0 saturated heterocycles. The van der Waals surface area contributed by atoms with Gasteiger partial charge in [-0.15, -0.1) is 0 Å². The van der Waals surface area contributed by atoms with Gasteiger partial charge in [0.1, 0.15) is 11.7 Å². The number of rotatable bonds is 3. The molecule has 0 aliphatic rings. The lowest BCUT2D eigenvalue weighted by Gasteiger charge is -2.10. The highest BCUT2D eigenvalue weighted by Crippen LogP contribution is 2.28. The van der Waals surface area contributed by atoms with Gasteiger partial charge >= 0.3 is 11.7 Å². The summed E-state index contributed by atoms with van der Waals surface area (Å²) >= 11 is 0. The molecule has 25 heavy (non-hydrogen) atoms. The lowest BCUT2D eigenvalue weighted by Crippen LogP contribution is -2.17. The Morgan fingerprint density at radius 3 is 2.64 bits per heavy atom. The van der Waals surface area contributed by atoms with E-state index in [9.17, 15) is 14.9 Å². The van der Waals surface area contributed by atoms with E-state index in [2.05, 4.69) is 0 Å². The molecular formula is C19H14N2O4. The molecule has 0 bridgehead atoms. The number of benzene rings is 2. The van der Waals surface area contributed by atoms with Gasteiger partial charge in [0.15, 0.2) is 5.75 Å². The van der Waals surface area contributed by atoms with Crippen molar-refractivity contribution in [3.05, 3.63) is 75.1 Å². The third-order valence-corrected chi connectivity index (χ3v) is 3.94. The van der Waals surface area contributed by atoms with Crippen LogP contribution in [-0.4, -0.2) is 6.09 Å². The quantitative estimate of drug-likeness (QED) is 0.741. The molecule has 0 saturated carbocycles. The summed E-state index contributed by atoms with van der Waals surface area (Å²) in [5.41, 5.74) is 7.11. The van der Waals surface area contributed by atoms with E-state index in [1.54, 1.807) is 6.92 Å². The van der Waals surface area contributed by atoms with E-state index in [1.165, 1.54) is 12.1 Å². The predicted molar refractivity (Wildman–Crippen MR) is 91.4 cm³/mol. The number of aryl methyl sites for hydroxylation is 1. The summed E-state index contributed by atoms with van der Waals surface area (Å²) in [6.07, 6.45) is -0.623. The van der Waals surface area contributed by atoms with Crippen LogP contribution in [0.2, 0.25) is 0 Å². The minimum Gasteiger partial charge on any atom is -0.422 e. The van der Waals surface area contributed by atoms with Crippen LogP contribution in [-0.2, 0) is 6.42 Å². The molecule has 0 radical (unpaired) electrons. The molecular weight excluding hydrogens is 320 g/mol. The molecule has 0 fully saturated rings. The van der Waals surface area contributed by atoms with E-state index < -0.39 is 11.7 Å². The number of nitrogens with zero attached hydrogens (tertiary/aromatic N) is 1. The Morgan fingerprint density at radius 2 is 2.00 bits per heavy atom.